The first-order chi connectivity index (χ1) is 6.04. The van der Waals surface area contributed by atoms with Crippen LogP contribution in [0.1, 0.15) is 11.4 Å². The zero-order valence-corrected chi connectivity index (χ0v) is 6.67. The number of hydrogen-bond donors (Lipinski definition) is 1. The first-order valence-electron chi connectivity index (χ1n) is 3.62. The second-order valence-corrected chi connectivity index (χ2v) is 2.43. The van der Waals surface area contributed by atoms with Crippen LogP contribution >= 0.6 is 0 Å². The van der Waals surface area contributed by atoms with E-state index in [1.807, 2.05) is 0 Å². The van der Waals surface area contributed by atoms with Crippen LogP contribution in [0.4, 0.5) is 13.2 Å². The lowest BCUT2D eigenvalue weighted by Crippen LogP contribution is -2.10. The molecule has 0 aliphatic heterocycles. The molecule has 0 radical (unpaired) electrons. The van der Waals surface area contributed by atoms with Crippen molar-refractivity contribution < 1.29 is 13.2 Å². The summed E-state index contributed by atoms with van der Waals surface area (Å²) in [5.74, 6) is 0. The van der Waals surface area contributed by atoms with Gasteiger partial charge in [-0.25, -0.2) is 4.98 Å². The van der Waals surface area contributed by atoms with Crippen molar-refractivity contribution >= 4 is 0 Å². The average molecular weight is 191 g/mol. The van der Waals surface area contributed by atoms with Gasteiger partial charge in [-0.15, -0.1) is 0 Å². The van der Waals surface area contributed by atoms with Gasteiger partial charge in [-0.3, -0.25) is 4.98 Å². The molecule has 0 bridgehead atoms. The number of halogens is 3. The van der Waals surface area contributed by atoms with Crippen molar-refractivity contribution in [2.24, 2.45) is 5.73 Å². The Morgan fingerprint density at radius 1 is 1.23 bits per heavy atom. The fourth-order valence-corrected chi connectivity index (χ4v) is 0.778. The summed E-state index contributed by atoms with van der Waals surface area (Å²) in [6.45, 7) is 0.347. The third-order valence-corrected chi connectivity index (χ3v) is 1.40. The number of alkyl halides is 3. The van der Waals surface area contributed by atoms with Gasteiger partial charge in [0, 0.05) is 12.6 Å². The molecular weight excluding hydrogens is 183 g/mol. The van der Waals surface area contributed by atoms with Crippen molar-refractivity contribution in [3.63, 3.8) is 0 Å². The van der Waals surface area contributed by atoms with E-state index in [0.717, 1.165) is 6.20 Å². The van der Waals surface area contributed by atoms with Gasteiger partial charge in [0.2, 0.25) is 0 Å². The number of rotatable bonds is 2. The smallest absolute Gasteiger partial charge is 0.330 e. The van der Waals surface area contributed by atoms with Crippen LogP contribution < -0.4 is 5.73 Å². The van der Waals surface area contributed by atoms with Crippen molar-refractivity contribution in [1.29, 1.82) is 0 Å². The minimum absolute atomic E-state index is 0.347. The predicted octanol–water partition coefficient (Wildman–Crippen LogP) is 0.997. The first-order valence-corrected chi connectivity index (χ1v) is 3.62. The summed E-state index contributed by atoms with van der Waals surface area (Å²) in [6, 6.07) is 0. The van der Waals surface area contributed by atoms with Gasteiger partial charge in [0.1, 0.15) is 0 Å². The van der Waals surface area contributed by atoms with Gasteiger partial charge >= 0.3 is 6.18 Å². The number of nitrogens with two attached hydrogens (primary N) is 1. The maximum atomic E-state index is 12.0. The summed E-state index contributed by atoms with van der Waals surface area (Å²) in [5, 5.41) is 0. The largest absolute Gasteiger partial charge is 0.434 e. The normalized spacial score (nSPS) is 11.7. The maximum Gasteiger partial charge on any atom is 0.434 e. The highest BCUT2D eigenvalue weighted by Gasteiger charge is 2.32. The Kier molecular flexibility index (Phi) is 2.82. The van der Waals surface area contributed by atoms with E-state index in [0.29, 0.717) is 24.9 Å². The van der Waals surface area contributed by atoms with Crippen molar-refractivity contribution in [3.8, 4) is 0 Å². The van der Waals surface area contributed by atoms with Crippen LogP contribution in [0, 0.1) is 0 Å². The molecule has 0 saturated carbocycles. The van der Waals surface area contributed by atoms with Crippen LogP contribution in [0.5, 0.6) is 0 Å². The molecule has 3 nitrogen and oxygen atoms in total. The van der Waals surface area contributed by atoms with Crippen LogP contribution in [0.3, 0.4) is 0 Å². The molecule has 0 unspecified atom stereocenters. The van der Waals surface area contributed by atoms with E-state index < -0.39 is 11.9 Å². The number of aromatic nitrogens is 2. The zero-order chi connectivity index (χ0) is 9.90. The highest BCUT2D eigenvalue weighted by Crippen LogP contribution is 2.26. The molecule has 1 rings (SSSR count). The van der Waals surface area contributed by atoms with Crippen molar-refractivity contribution in [2.75, 3.05) is 6.54 Å². The Morgan fingerprint density at radius 3 is 2.31 bits per heavy atom. The second-order valence-electron chi connectivity index (χ2n) is 2.43. The molecule has 0 aliphatic rings. The Bertz CT molecular complexity index is 267. The third kappa shape index (κ3) is 2.66. The number of nitrogens with zero attached hydrogens (tertiary/aromatic N) is 2. The highest BCUT2D eigenvalue weighted by molar-refractivity contribution is 5.05. The molecule has 0 aliphatic carbocycles. The number of hydrogen-bond acceptors (Lipinski definition) is 3. The molecule has 0 aromatic carbocycles. The monoisotopic (exact) mass is 191 g/mol. The lowest BCUT2D eigenvalue weighted by Gasteiger charge is -2.04. The van der Waals surface area contributed by atoms with Crippen molar-refractivity contribution in [2.45, 2.75) is 12.6 Å². The molecular formula is C7H8F3N3. The SMILES string of the molecule is NCCc1cnc(C(F)(F)F)cn1. The minimum Gasteiger partial charge on any atom is -0.330 e. The molecule has 0 amide bonds. The Morgan fingerprint density at radius 2 is 1.92 bits per heavy atom. The van der Waals surface area contributed by atoms with Gasteiger partial charge in [-0.1, -0.05) is 0 Å². The fourth-order valence-electron chi connectivity index (χ4n) is 0.778. The van der Waals surface area contributed by atoms with Gasteiger partial charge in [-0.2, -0.15) is 13.2 Å². The minimum atomic E-state index is -4.42. The highest BCUT2D eigenvalue weighted by atomic mass is 19.4. The van der Waals surface area contributed by atoms with E-state index in [9.17, 15) is 13.2 Å². The molecule has 1 heterocycles. The molecule has 0 saturated heterocycles. The van der Waals surface area contributed by atoms with Gasteiger partial charge in [-0.05, 0) is 6.54 Å². The van der Waals surface area contributed by atoms with Crippen molar-refractivity contribution in [1.82, 2.24) is 9.97 Å². The average Bonchev–Trinajstić information content (AvgIpc) is 2.04. The molecule has 0 spiro atoms. The Balaban J connectivity index is 2.81. The quantitative estimate of drug-likeness (QED) is 0.758. The van der Waals surface area contributed by atoms with E-state index in [4.69, 9.17) is 5.73 Å². The molecule has 0 fully saturated rings. The second kappa shape index (κ2) is 3.69. The summed E-state index contributed by atoms with van der Waals surface area (Å²) in [4.78, 5) is 6.80. The third-order valence-electron chi connectivity index (χ3n) is 1.40. The molecule has 13 heavy (non-hydrogen) atoms. The van der Waals surface area contributed by atoms with E-state index >= 15 is 0 Å². The topological polar surface area (TPSA) is 51.8 Å². The summed E-state index contributed by atoms with van der Waals surface area (Å²) in [5.41, 5.74) is 4.68. The molecule has 1 aromatic rings. The van der Waals surface area contributed by atoms with E-state index in [-0.39, 0.29) is 0 Å². The first kappa shape index (κ1) is 9.91. The fraction of sp³-hybridized carbons (Fsp3) is 0.429. The Hall–Kier alpha value is -1.17. The van der Waals surface area contributed by atoms with Gasteiger partial charge in [0.05, 0.1) is 11.9 Å². The summed E-state index contributed by atoms with van der Waals surface area (Å²) < 4.78 is 35.9. The van der Waals surface area contributed by atoms with Gasteiger partial charge < -0.3 is 5.73 Å². The molecule has 1 aromatic heterocycles. The van der Waals surface area contributed by atoms with Crippen LogP contribution in [0.15, 0.2) is 12.4 Å². The predicted molar refractivity (Wildman–Crippen MR) is 39.8 cm³/mol. The van der Waals surface area contributed by atoms with Gasteiger partial charge in [0.15, 0.2) is 5.69 Å². The van der Waals surface area contributed by atoms with Gasteiger partial charge in [0.25, 0.3) is 0 Å². The van der Waals surface area contributed by atoms with Crippen LogP contribution in [0.2, 0.25) is 0 Å². The molecule has 72 valence electrons. The standard InChI is InChI=1S/C7H8F3N3/c8-7(9,10)6-4-12-5(1-2-11)3-13-6/h3-4H,1-2,11H2. The summed E-state index contributed by atoms with van der Waals surface area (Å²) in [6.07, 6.45) is -2.18. The van der Waals surface area contributed by atoms with Crippen LogP contribution in [-0.2, 0) is 12.6 Å². The maximum absolute atomic E-state index is 12.0. The molecule has 6 heteroatoms. The summed E-state index contributed by atoms with van der Waals surface area (Å²) in [7, 11) is 0. The van der Waals surface area contributed by atoms with E-state index in [1.165, 1.54) is 0 Å². The summed E-state index contributed by atoms with van der Waals surface area (Å²) >= 11 is 0. The molecule has 2 N–H and O–H groups in total. The van der Waals surface area contributed by atoms with E-state index in [2.05, 4.69) is 9.97 Å². The van der Waals surface area contributed by atoms with Crippen LogP contribution in [0.25, 0.3) is 0 Å². The van der Waals surface area contributed by atoms with Crippen LogP contribution in [-0.4, -0.2) is 16.5 Å². The lowest BCUT2D eigenvalue weighted by atomic mass is 10.3. The van der Waals surface area contributed by atoms with Crippen molar-refractivity contribution in [3.05, 3.63) is 23.8 Å². The zero-order valence-electron chi connectivity index (χ0n) is 6.67. The van der Waals surface area contributed by atoms with E-state index in [1.54, 1.807) is 0 Å². The molecule has 0 atom stereocenters. The Labute approximate surface area is 72.8 Å². The lowest BCUT2D eigenvalue weighted by molar-refractivity contribution is -0.141.